The Kier molecular flexibility index (Phi) is 8.23. The minimum absolute atomic E-state index is 0.104. The zero-order valence-electron chi connectivity index (χ0n) is 14.9. The average Bonchev–Trinajstić information content (AvgIpc) is 2.96. The molecular formula is C14H24N4O5S2. The third kappa shape index (κ3) is 6.24. The van der Waals surface area contributed by atoms with E-state index in [1.807, 2.05) is 6.92 Å². The van der Waals surface area contributed by atoms with E-state index in [0.717, 1.165) is 17.5 Å². The standard InChI is InChI=1S/C14H24N4O5S2/c1-5-7-8-9-23-14(20)18-12(15-11(19)17(3)4)24-13(16-18)25(21,22)10-6-2/h5-10H2,1-4H3. The lowest BCUT2D eigenvalue weighted by molar-refractivity contribution is 0.141. The molecule has 0 N–H and O–H groups in total. The van der Waals surface area contributed by atoms with Gasteiger partial charge in [-0.2, -0.15) is 4.99 Å². The molecule has 0 aliphatic heterocycles. The third-order valence-corrected chi connectivity index (χ3v) is 6.27. The Balaban J connectivity index is 3.22. The van der Waals surface area contributed by atoms with Crippen LogP contribution >= 0.6 is 11.3 Å². The molecule has 0 atom stereocenters. The molecule has 0 unspecified atom stereocenters. The molecule has 11 heteroatoms. The molecule has 25 heavy (non-hydrogen) atoms. The third-order valence-electron chi connectivity index (χ3n) is 3.00. The van der Waals surface area contributed by atoms with Crippen molar-refractivity contribution in [3.05, 3.63) is 4.80 Å². The summed E-state index contributed by atoms with van der Waals surface area (Å²) >= 11 is 0.673. The fraction of sp³-hybridized carbons (Fsp3) is 0.714. The predicted octanol–water partition coefficient (Wildman–Crippen LogP) is 1.89. The fourth-order valence-corrected chi connectivity index (χ4v) is 4.20. The first-order valence-corrected chi connectivity index (χ1v) is 10.5. The maximum atomic E-state index is 12.2. The zero-order chi connectivity index (χ0) is 19.0. The van der Waals surface area contributed by atoms with Crippen LogP contribution in [-0.4, -0.2) is 61.7 Å². The van der Waals surface area contributed by atoms with E-state index in [4.69, 9.17) is 4.74 Å². The van der Waals surface area contributed by atoms with Crippen molar-refractivity contribution >= 4 is 33.3 Å². The highest BCUT2D eigenvalue weighted by Gasteiger charge is 2.23. The molecule has 0 spiro atoms. The Morgan fingerprint density at radius 1 is 1.24 bits per heavy atom. The molecule has 0 saturated carbocycles. The van der Waals surface area contributed by atoms with Crippen molar-refractivity contribution in [2.45, 2.75) is 43.9 Å². The number of amides is 2. The molecule has 142 valence electrons. The van der Waals surface area contributed by atoms with E-state index in [2.05, 4.69) is 10.1 Å². The number of hydrogen-bond acceptors (Lipinski definition) is 7. The van der Waals surface area contributed by atoms with Gasteiger partial charge in [-0.1, -0.05) is 38.0 Å². The van der Waals surface area contributed by atoms with Crippen LogP contribution in [-0.2, 0) is 14.6 Å². The minimum Gasteiger partial charge on any atom is -0.448 e. The summed E-state index contributed by atoms with van der Waals surface area (Å²) in [7, 11) is -0.647. The lowest BCUT2D eigenvalue weighted by Crippen LogP contribution is -2.29. The Hall–Kier alpha value is -1.75. The van der Waals surface area contributed by atoms with Crippen LogP contribution in [0.15, 0.2) is 9.33 Å². The molecule has 0 fully saturated rings. The molecule has 0 saturated heterocycles. The number of carbonyl (C=O) groups excluding carboxylic acids is 2. The Morgan fingerprint density at radius 2 is 1.92 bits per heavy atom. The van der Waals surface area contributed by atoms with E-state index < -0.39 is 22.0 Å². The van der Waals surface area contributed by atoms with Crippen LogP contribution in [0, 0.1) is 0 Å². The number of aromatic nitrogens is 2. The second-order valence-corrected chi connectivity index (χ2v) is 8.73. The van der Waals surface area contributed by atoms with Gasteiger partial charge in [-0.15, -0.1) is 9.78 Å². The van der Waals surface area contributed by atoms with Crippen molar-refractivity contribution in [3.8, 4) is 0 Å². The Bertz CT molecular complexity index is 764. The molecule has 0 radical (unpaired) electrons. The quantitative estimate of drug-likeness (QED) is 0.655. The monoisotopic (exact) mass is 392 g/mol. The van der Waals surface area contributed by atoms with E-state index in [-0.39, 0.29) is 21.5 Å². The summed E-state index contributed by atoms with van der Waals surface area (Å²) < 4.78 is 29.9. The van der Waals surface area contributed by atoms with Gasteiger partial charge >= 0.3 is 12.1 Å². The van der Waals surface area contributed by atoms with Crippen molar-refractivity contribution in [3.63, 3.8) is 0 Å². The molecule has 0 aliphatic rings. The maximum Gasteiger partial charge on any atom is 0.437 e. The van der Waals surface area contributed by atoms with Crippen molar-refractivity contribution in [1.82, 2.24) is 14.7 Å². The molecule has 1 heterocycles. The molecule has 1 rings (SSSR count). The normalized spacial score (nSPS) is 12.2. The molecule has 1 aromatic rings. The zero-order valence-corrected chi connectivity index (χ0v) is 16.5. The van der Waals surface area contributed by atoms with Crippen LogP contribution in [0.3, 0.4) is 0 Å². The molecule has 2 amide bonds. The van der Waals surface area contributed by atoms with Crippen LogP contribution in [0.2, 0.25) is 0 Å². The van der Waals surface area contributed by atoms with E-state index in [1.54, 1.807) is 6.92 Å². The number of sulfone groups is 1. The predicted molar refractivity (Wildman–Crippen MR) is 93.4 cm³/mol. The SMILES string of the molecule is CCCCCOC(=O)n1nc(S(=O)(=O)CCC)sc1=NC(=O)N(C)C. The second kappa shape index (κ2) is 9.66. The topological polar surface area (TPSA) is 111 Å². The number of nitrogens with zero attached hydrogens (tertiary/aromatic N) is 4. The Labute approximate surface area is 151 Å². The van der Waals surface area contributed by atoms with Crippen molar-refractivity contribution < 1.29 is 22.7 Å². The van der Waals surface area contributed by atoms with Gasteiger partial charge in [-0.05, 0) is 12.8 Å². The highest BCUT2D eigenvalue weighted by Crippen LogP contribution is 2.12. The van der Waals surface area contributed by atoms with E-state index in [9.17, 15) is 18.0 Å². The van der Waals surface area contributed by atoms with Gasteiger partial charge in [0, 0.05) is 14.1 Å². The average molecular weight is 393 g/mol. The number of unbranched alkanes of at least 4 members (excludes halogenated alkanes) is 2. The van der Waals surface area contributed by atoms with E-state index >= 15 is 0 Å². The minimum atomic E-state index is -3.64. The summed E-state index contributed by atoms with van der Waals surface area (Å²) in [6.45, 7) is 3.93. The Morgan fingerprint density at radius 3 is 2.48 bits per heavy atom. The molecule has 0 bridgehead atoms. The summed E-state index contributed by atoms with van der Waals surface area (Å²) in [5, 5.41) is 3.82. The van der Waals surface area contributed by atoms with Gasteiger partial charge in [0.2, 0.25) is 19.0 Å². The smallest absolute Gasteiger partial charge is 0.437 e. The van der Waals surface area contributed by atoms with Crippen LogP contribution in [0.25, 0.3) is 0 Å². The summed E-state index contributed by atoms with van der Waals surface area (Å²) in [4.78, 5) is 28.8. The number of ether oxygens (including phenoxy) is 1. The number of hydrogen-bond donors (Lipinski definition) is 0. The van der Waals surface area contributed by atoms with Crippen LogP contribution in [0.1, 0.15) is 39.5 Å². The first-order valence-electron chi connectivity index (χ1n) is 7.99. The summed E-state index contributed by atoms with van der Waals surface area (Å²) in [6.07, 6.45) is 2.12. The van der Waals surface area contributed by atoms with Crippen molar-refractivity contribution in [2.75, 3.05) is 26.5 Å². The van der Waals surface area contributed by atoms with Gasteiger partial charge in [-0.3, -0.25) is 0 Å². The summed E-state index contributed by atoms with van der Waals surface area (Å²) in [5.74, 6) is -0.104. The van der Waals surface area contributed by atoms with Gasteiger partial charge in [0.05, 0.1) is 12.4 Å². The lowest BCUT2D eigenvalue weighted by Gasteiger charge is -2.05. The molecule has 9 nitrogen and oxygen atoms in total. The molecule has 1 aromatic heterocycles. The number of urea groups is 1. The second-order valence-electron chi connectivity index (χ2n) is 5.49. The van der Waals surface area contributed by atoms with Crippen molar-refractivity contribution in [2.24, 2.45) is 4.99 Å². The van der Waals surface area contributed by atoms with Crippen LogP contribution in [0.4, 0.5) is 9.59 Å². The molecule has 0 aliphatic carbocycles. The summed E-state index contributed by atoms with van der Waals surface area (Å²) in [6, 6.07) is -0.629. The van der Waals surface area contributed by atoms with Crippen molar-refractivity contribution in [1.29, 1.82) is 0 Å². The van der Waals surface area contributed by atoms with Gasteiger partial charge in [-0.25, -0.2) is 18.0 Å². The van der Waals surface area contributed by atoms with Gasteiger partial charge in [0.15, 0.2) is 0 Å². The van der Waals surface area contributed by atoms with E-state index in [1.165, 1.54) is 19.0 Å². The first kappa shape index (κ1) is 21.3. The first-order chi connectivity index (χ1) is 11.7. The maximum absolute atomic E-state index is 12.2. The van der Waals surface area contributed by atoms with E-state index in [0.29, 0.717) is 24.2 Å². The fourth-order valence-electron chi connectivity index (χ4n) is 1.69. The van der Waals surface area contributed by atoms with Crippen LogP contribution in [0.5, 0.6) is 0 Å². The van der Waals surface area contributed by atoms with Gasteiger partial charge in [0.1, 0.15) is 0 Å². The largest absolute Gasteiger partial charge is 0.448 e. The number of rotatable bonds is 7. The molecule has 0 aromatic carbocycles. The highest BCUT2D eigenvalue weighted by atomic mass is 32.2. The van der Waals surface area contributed by atoms with Gasteiger partial charge in [0.25, 0.3) is 0 Å². The number of carbonyl (C=O) groups is 2. The molecular weight excluding hydrogens is 368 g/mol. The van der Waals surface area contributed by atoms with Gasteiger partial charge < -0.3 is 9.64 Å². The highest BCUT2D eigenvalue weighted by molar-refractivity contribution is 7.93. The van der Waals surface area contributed by atoms with Crippen LogP contribution < -0.4 is 4.80 Å². The summed E-state index contributed by atoms with van der Waals surface area (Å²) in [5.41, 5.74) is 0. The lowest BCUT2D eigenvalue weighted by atomic mass is 10.3.